The van der Waals surface area contributed by atoms with E-state index in [4.69, 9.17) is 0 Å². The van der Waals surface area contributed by atoms with Gasteiger partial charge in [-0.05, 0) is 0 Å². The van der Waals surface area contributed by atoms with Crippen LogP contribution in [0.25, 0.3) is 0 Å². The molecule has 1 aliphatic heterocycles. The summed E-state index contributed by atoms with van der Waals surface area (Å²) in [4.78, 5) is 0. The zero-order valence-corrected chi connectivity index (χ0v) is 3.92. The largest absolute Gasteiger partial charge is 0.522 e. The summed E-state index contributed by atoms with van der Waals surface area (Å²) in [5.41, 5.74) is 0. The number of hydrogen-bond donors (Lipinski definition) is 0. The van der Waals surface area contributed by atoms with Crippen LogP contribution in [0.1, 0.15) is 6.92 Å². The fraction of sp³-hybridized carbons (Fsp3) is 1.00. The molecule has 1 fully saturated rings. The van der Waals surface area contributed by atoms with Crippen molar-refractivity contribution < 1.29 is 3.81 Å². The quantitative estimate of drug-likeness (QED) is 0.236. The van der Waals surface area contributed by atoms with Crippen LogP contribution in [0.5, 0.6) is 0 Å². The van der Waals surface area contributed by atoms with Gasteiger partial charge in [-0.3, -0.25) is 0 Å². The van der Waals surface area contributed by atoms with Crippen molar-refractivity contribution in [2.24, 2.45) is 0 Å². The van der Waals surface area contributed by atoms with Gasteiger partial charge in [-0.2, -0.15) is 0 Å². The van der Waals surface area contributed by atoms with Gasteiger partial charge in [0.15, 0.2) is 0 Å². The highest BCUT2D eigenvalue weighted by Crippen LogP contribution is 2.18. The maximum absolute atomic E-state index is 4.60. The van der Waals surface area contributed by atoms with E-state index in [1.54, 1.807) is 0 Å². The molecule has 1 nitrogen and oxygen atoms in total. The third kappa shape index (κ3) is 0.578. The third-order valence-electron chi connectivity index (χ3n) is 0.732. The molecule has 0 N–H and O–H groups in total. The van der Waals surface area contributed by atoms with Crippen LogP contribution in [0.15, 0.2) is 0 Å². The van der Waals surface area contributed by atoms with Crippen molar-refractivity contribution in [1.29, 1.82) is 0 Å². The molecule has 2 heteroatoms. The van der Waals surface area contributed by atoms with Crippen molar-refractivity contribution in [1.82, 2.24) is 0 Å². The summed E-state index contributed by atoms with van der Waals surface area (Å²) in [6, 6.07) is 0. The van der Waals surface area contributed by atoms with Crippen LogP contribution in [0, 0.1) is 0 Å². The molecule has 1 saturated heterocycles. The van der Waals surface area contributed by atoms with Crippen molar-refractivity contribution in [3.8, 4) is 0 Å². The molecule has 1 atom stereocenters. The lowest BCUT2D eigenvalue weighted by Crippen LogP contribution is -1.70. The Morgan fingerprint density at radius 1 is 2.00 bits per heavy atom. The van der Waals surface area contributed by atoms with Crippen LogP contribution < -0.4 is 0 Å². The summed E-state index contributed by atoms with van der Waals surface area (Å²) in [6.45, 7) is 3.12. The average molecular weight is 90.1 g/mol. The Hall–Kier alpha value is 0.310. The van der Waals surface area contributed by atoms with Crippen LogP contribution in [0.2, 0.25) is 0 Å². The van der Waals surface area contributed by atoms with Gasteiger partial charge in [0.2, 0.25) is 12.7 Å². The molecule has 0 aromatic carbocycles. The van der Waals surface area contributed by atoms with Gasteiger partial charge >= 0.3 is 0 Å². The zero-order chi connectivity index (χ0) is 3.86. The zero-order valence-electron chi connectivity index (χ0n) is 3.10. The first kappa shape index (κ1) is 3.50. The summed E-state index contributed by atoms with van der Waals surface area (Å²) >= 11 is 4.60. The summed E-state index contributed by atoms with van der Waals surface area (Å²) < 4.78 is 2.50. The van der Waals surface area contributed by atoms with E-state index in [0.717, 1.165) is 6.61 Å². The molecule has 0 radical (unpaired) electrons. The van der Waals surface area contributed by atoms with E-state index in [0.29, 0.717) is 6.10 Å². The lowest BCUT2D eigenvalue weighted by Gasteiger charge is -1.90. The second-order valence-electron chi connectivity index (χ2n) is 1.36. The van der Waals surface area contributed by atoms with E-state index in [9.17, 15) is 0 Å². The van der Waals surface area contributed by atoms with Gasteiger partial charge in [-0.25, -0.2) is 0 Å². The molecular formula is C3H6OS. The Morgan fingerprint density at radius 3 is 2.20 bits per heavy atom. The van der Waals surface area contributed by atoms with Gasteiger partial charge in [-0.15, -0.1) is 0 Å². The Morgan fingerprint density at radius 2 is 2.20 bits per heavy atom. The lowest BCUT2D eigenvalue weighted by molar-refractivity contribution is 0.310. The Bertz CT molecular complexity index is 40.2. The van der Waals surface area contributed by atoms with Crippen LogP contribution in [-0.2, 0) is 16.7 Å². The summed E-state index contributed by atoms with van der Waals surface area (Å²) in [7, 11) is 0. The van der Waals surface area contributed by atoms with Crippen LogP contribution in [0.4, 0.5) is 0 Å². The summed E-state index contributed by atoms with van der Waals surface area (Å²) in [5.74, 6) is 0. The van der Waals surface area contributed by atoms with Gasteiger partial charge in [0.05, 0.1) is 0 Å². The predicted octanol–water partition coefficient (Wildman–Crippen LogP) is 0.403. The van der Waals surface area contributed by atoms with E-state index < -0.39 is 0 Å². The van der Waals surface area contributed by atoms with E-state index in [1.807, 2.05) is 0 Å². The molecule has 0 aromatic rings. The summed E-state index contributed by atoms with van der Waals surface area (Å²) in [6.07, 6.45) is 0.616. The smallest absolute Gasteiger partial charge is 0.205 e. The molecular weight excluding hydrogens is 84.1 g/mol. The van der Waals surface area contributed by atoms with Gasteiger partial charge in [0, 0.05) is 6.92 Å². The Labute approximate surface area is 37.3 Å². The van der Waals surface area contributed by atoms with Gasteiger partial charge in [0.25, 0.3) is 0 Å². The van der Waals surface area contributed by atoms with Crippen molar-refractivity contribution >= 4 is 12.9 Å². The van der Waals surface area contributed by atoms with E-state index in [2.05, 4.69) is 23.6 Å². The van der Waals surface area contributed by atoms with Crippen molar-refractivity contribution in [2.75, 3.05) is 6.61 Å². The molecule has 1 rings (SSSR count). The minimum atomic E-state index is 0.616. The minimum absolute atomic E-state index is 0.616. The molecule has 0 spiro atoms. The Balaban J connectivity index is 2.20. The van der Waals surface area contributed by atoms with Crippen LogP contribution in [-0.4, -0.2) is 12.7 Å². The highest BCUT2D eigenvalue weighted by atomic mass is 32.1. The monoisotopic (exact) mass is 90.0 g/mol. The number of epoxide rings is 1. The molecule has 0 aliphatic carbocycles. The summed E-state index contributed by atoms with van der Waals surface area (Å²) in [5, 5.41) is 0. The maximum atomic E-state index is 4.60. The van der Waals surface area contributed by atoms with Crippen molar-refractivity contribution in [2.45, 2.75) is 13.0 Å². The number of rotatable bonds is 0. The second kappa shape index (κ2) is 0.884. The first-order chi connectivity index (χ1) is 2.30. The van der Waals surface area contributed by atoms with Crippen molar-refractivity contribution in [3.05, 3.63) is 0 Å². The molecule has 1 unspecified atom stereocenters. The number of hydrogen-bond acceptors (Lipinski definition) is 1. The van der Waals surface area contributed by atoms with Crippen LogP contribution >= 0.6 is 0 Å². The van der Waals surface area contributed by atoms with E-state index in [-0.39, 0.29) is 0 Å². The molecule has 5 heavy (non-hydrogen) atoms. The molecule has 1 heterocycles. The highest BCUT2D eigenvalue weighted by Gasteiger charge is 2.27. The predicted molar refractivity (Wildman–Crippen MR) is 22.8 cm³/mol. The standard InChI is InChI=1S/C3H6OS/c1-3-2-4(3)5/h3H,2H2,1H3. The fourth-order valence-electron chi connectivity index (χ4n) is 0.192. The molecule has 0 saturated carbocycles. The Kier molecular flexibility index (Phi) is 0.618. The van der Waals surface area contributed by atoms with Crippen molar-refractivity contribution in [3.63, 3.8) is 0 Å². The second-order valence-corrected chi connectivity index (χ2v) is 1.79. The normalized spacial score (nSPS) is 38.4. The van der Waals surface area contributed by atoms with Gasteiger partial charge in [0.1, 0.15) is 0 Å². The molecule has 0 aromatic heterocycles. The molecule has 0 amide bonds. The van der Waals surface area contributed by atoms with Gasteiger partial charge in [-0.1, -0.05) is 0 Å². The third-order valence-corrected chi connectivity index (χ3v) is 1.20. The molecule has 1 aliphatic rings. The minimum Gasteiger partial charge on any atom is -0.522 e. The van der Waals surface area contributed by atoms with E-state index in [1.165, 1.54) is 0 Å². The first-order valence-electron chi connectivity index (χ1n) is 1.68. The first-order valence-corrected chi connectivity index (χ1v) is 2.01. The molecule has 30 valence electrons. The lowest BCUT2D eigenvalue weighted by atomic mass is 10.6. The SMILES string of the molecule is CC1C[O+]1[S-]. The fourth-order valence-corrected chi connectivity index (χ4v) is 0.384. The molecule has 0 bridgehead atoms. The average Bonchev–Trinajstić information content (AvgIpc) is 1.79. The van der Waals surface area contributed by atoms with E-state index >= 15 is 0 Å². The highest BCUT2D eigenvalue weighted by molar-refractivity contribution is 7.53. The van der Waals surface area contributed by atoms with Gasteiger partial charge < -0.3 is 16.7 Å². The van der Waals surface area contributed by atoms with Crippen LogP contribution in [0.3, 0.4) is 0 Å². The topological polar surface area (TPSA) is 2.70 Å². The maximum Gasteiger partial charge on any atom is 0.205 e.